The summed E-state index contributed by atoms with van der Waals surface area (Å²) < 4.78 is 0. The molecule has 0 unspecified atom stereocenters. The zero-order chi connectivity index (χ0) is 3.41. The average Bonchev–Trinajstić information content (AvgIpc) is 1.37. The Morgan fingerprint density at radius 3 is 1.20 bits per heavy atom. The van der Waals surface area contributed by atoms with Gasteiger partial charge >= 0.3 is 16.5 Å². The molecule has 0 aliphatic carbocycles. The standard InChI is InChI=1S/C2H8N2.Ni/c3-1-2-4;/h1-4H2;/q;+2. The van der Waals surface area contributed by atoms with Crippen molar-refractivity contribution in [1.82, 2.24) is 0 Å². The van der Waals surface area contributed by atoms with Gasteiger partial charge in [0.2, 0.25) is 0 Å². The third-order valence-corrected chi connectivity index (χ3v) is 0.167. The Bertz CT molecular complexity index is 9.61. The van der Waals surface area contributed by atoms with Crippen LogP contribution in [0.5, 0.6) is 0 Å². The molecule has 0 rings (SSSR count). The van der Waals surface area contributed by atoms with E-state index in [9.17, 15) is 0 Å². The number of hydrogen-bond donors (Lipinski definition) is 2. The van der Waals surface area contributed by atoms with Gasteiger partial charge in [0, 0.05) is 13.1 Å². The normalized spacial score (nSPS) is 6.00. The SMILES string of the molecule is NCCN.[Ni+2]. The van der Waals surface area contributed by atoms with Crippen LogP contribution in [0.15, 0.2) is 0 Å². The Balaban J connectivity index is 0. The first-order chi connectivity index (χ1) is 1.91. The first-order valence-electron chi connectivity index (χ1n) is 1.32. The van der Waals surface area contributed by atoms with E-state index < -0.39 is 0 Å². The van der Waals surface area contributed by atoms with Gasteiger partial charge in [-0.1, -0.05) is 0 Å². The van der Waals surface area contributed by atoms with Gasteiger partial charge in [-0.3, -0.25) is 0 Å². The van der Waals surface area contributed by atoms with Gasteiger partial charge in [-0.2, -0.15) is 0 Å². The van der Waals surface area contributed by atoms with Crippen LogP contribution < -0.4 is 11.5 Å². The van der Waals surface area contributed by atoms with Gasteiger partial charge in [0.15, 0.2) is 0 Å². The molecule has 0 aromatic rings. The predicted octanol–water partition coefficient (Wildman–Crippen LogP) is -1.10. The summed E-state index contributed by atoms with van der Waals surface area (Å²) >= 11 is 0. The fourth-order valence-electron chi connectivity index (χ4n) is 0. The fraction of sp³-hybridized carbons (Fsp3) is 1.00. The molecule has 5 heavy (non-hydrogen) atoms. The van der Waals surface area contributed by atoms with Gasteiger partial charge in [0.05, 0.1) is 0 Å². The molecule has 34 valence electrons. The minimum absolute atomic E-state index is 0. The maximum Gasteiger partial charge on any atom is 2.00 e. The van der Waals surface area contributed by atoms with Crippen molar-refractivity contribution < 1.29 is 16.5 Å². The Morgan fingerprint density at radius 1 is 1.00 bits per heavy atom. The zero-order valence-electron chi connectivity index (χ0n) is 2.89. The van der Waals surface area contributed by atoms with Crippen LogP contribution >= 0.6 is 0 Å². The Morgan fingerprint density at radius 2 is 1.20 bits per heavy atom. The van der Waals surface area contributed by atoms with E-state index in [0.29, 0.717) is 13.1 Å². The second-order valence-electron chi connectivity index (χ2n) is 0.577. The molecule has 0 saturated carbocycles. The molecule has 0 spiro atoms. The molecule has 0 heterocycles. The first kappa shape index (κ1) is 9.05. The fourth-order valence-corrected chi connectivity index (χ4v) is 0. The molecule has 2 nitrogen and oxygen atoms in total. The van der Waals surface area contributed by atoms with E-state index >= 15 is 0 Å². The van der Waals surface area contributed by atoms with Crippen molar-refractivity contribution in [2.24, 2.45) is 11.5 Å². The van der Waals surface area contributed by atoms with E-state index in [2.05, 4.69) is 0 Å². The molecule has 0 fully saturated rings. The molecule has 0 aromatic carbocycles. The van der Waals surface area contributed by atoms with Crippen LogP contribution in [0.1, 0.15) is 0 Å². The largest absolute Gasteiger partial charge is 2.00 e. The minimum Gasteiger partial charge on any atom is -0.329 e. The van der Waals surface area contributed by atoms with Gasteiger partial charge in [0.25, 0.3) is 0 Å². The van der Waals surface area contributed by atoms with E-state index in [1.165, 1.54) is 0 Å². The molecular weight excluding hydrogens is 111 g/mol. The van der Waals surface area contributed by atoms with E-state index in [4.69, 9.17) is 11.5 Å². The summed E-state index contributed by atoms with van der Waals surface area (Å²) in [5.74, 6) is 0. The van der Waals surface area contributed by atoms with Crippen molar-refractivity contribution in [2.45, 2.75) is 0 Å². The van der Waals surface area contributed by atoms with Crippen LogP contribution in [0.2, 0.25) is 0 Å². The van der Waals surface area contributed by atoms with Crippen molar-refractivity contribution in [3.8, 4) is 0 Å². The number of hydrogen-bond acceptors (Lipinski definition) is 2. The summed E-state index contributed by atoms with van der Waals surface area (Å²) in [7, 11) is 0. The van der Waals surface area contributed by atoms with E-state index in [-0.39, 0.29) is 16.5 Å². The van der Waals surface area contributed by atoms with E-state index in [0.717, 1.165) is 0 Å². The molecule has 0 amide bonds. The van der Waals surface area contributed by atoms with Gasteiger partial charge < -0.3 is 11.5 Å². The Hall–Kier alpha value is 0.414. The molecule has 0 saturated heterocycles. The summed E-state index contributed by atoms with van der Waals surface area (Å²) in [5, 5.41) is 0. The summed E-state index contributed by atoms with van der Waals surface area (Å²) in [4.78, 5) is 0. The second-order valence-corrected chi connectivity index (χ2v) is 0.577. The third kappa shape index (κ3) is 12.9. The minimum atomic E-state index is 0. The molecule has 4 N–H and O–H groups in total. The van der Waals surface area contributed by atoms with Crippen LogP contribution in [0.4, 0.5) is 0 Å². The van der Waals surface area contributed by atoms with Crippen LogP contribution in [-0.2, 0) is 16.5 Å². The van der Waals surface area contributed by atoms with Gasteiger partial charge in [-0.25, -0.2) is 0 Å². The maximum absolute atomic E-state index is 4.90. The predicted molar refractivity (Wildman–Crippen MR) is 18.1 cm³/mol. The van der Waals surface area contributed by atoms with Crippen LogP contribution in [0.3, 0.4) is 0 Å². The average molecular weight is 119 g/mol. The van der Waals surface area contributed by atoms with Crippen molar-refractivity contribution in [3.05, 3.63) is 0 Å². The molecule has 0 bridgehead atoms. The molecule has 3 heteroatoms. The van der Waals surface area contributed by atoms with Crippen molar-refractivity contribution in [2.75, 3.05) is 13.1 Å². The zero-order valence-corrected chi connectivity index (χ0v) is 3.87. The smallest absolute Gasteiger partial charge is 0.329 e. The monoisotopic (exact) mass is 118 g/mol. The van der Waals surface area contributed by atoms with E-state index in [1.54, 1.807) is 0 Å². The molecular formula is C2H8N2Ni+2. The molecule has 0 aliphatic rings. The summed E-state index contributed by atoms with van der Waals surface area (Å²) in [6.45, 7) is 1.19. The topological polar surface area (TPSA) is 52.0 Å². The quantitative estimate of drug-likeness (QED) is 0.430. The van der Waals surface area contributed by atoms with Crippen LogP contribution in [0, 0.1) is 0 Å². The summed E-state index contributed by atoms with van der Waals surface area (Å²) in [6.07, 6.45) is 0. The summed E-state index contributed by atoms with van der Waals surface area (Å²) in [5.41, 5.74) is 9.81. The molecule has 0 atom stereocenters. The Labute approximate surface area is 41.8 Å². The molecule has 0 aliphatic heterocycles. The molecule has 0 radical (unpaired) electrons. The summed E-state index contributed by atoms with van der Waals surface area (Å²) in [6, 6.07) is 0. The molecule has 0 aromatic heterocycles. The second kappa shape index (κ2) is 8.83. The first-order valence-corrected chi connectivity index (χ1v) is 1.32. The van der Waals surface area contributed by atoms with Gasteiger partial charge in [-0.15, -0.1) is 0 Å². The van der Waals surface area contributed by atoms with Crippen molar-refractivity contribution in [3.63, 3.8) is 0 Å². The van der Waals surface area contributed by atoms with Crippen LogP contribution in [-0.4, -0.2) is 13.1 Å². The Kier molecular flexibility index (Phi) is 16.0. The van der Waals surface area contributed by atoms with Gasteiger partial charge in [0.1, 0.15) is 0 Å². The van der Waals surface area contributed by atoms with Gasteiger partial charge in [-0.05, 0) is 0 Å². The van der Waals surface area contributed by atoms with Crippen LogP contribution in [0.25, 0.3) is 0 Å². The van der Waals surface area contributed by atoms with E-state index in [1.807, 2.05) is 0 Å². The number of rotatable bonds is 1. The van der Waals surface area contributed by atoms with Crippen molar-refractivity contribution in [1.29, 1.82) is 0 Å². The van der Waals surface area contributed by atoms with Crippen molar-refractivity contribution >= 4 is 0 Å². The number of nitrogens with two attached hydrogens (primary N) is 2. The third-order valence-electron chi connectivity index (χ3n) is 0.167. The maximum atomic E-state index is 4.90.